The number of hydrogen-bond acceptors (Lipinski definition) is 7. The van der Waals surface area contributed by atoms with Crippen LogP contribution in [0.25, 0.3) is 0 Å². The fraction of sp³-hybridized carbons (Fsp3) is 0.471. The molecular weight excluding hydrogens is 459 g/mol. The van der Waals surface area contributed by atoms with Gasteiger partial charge in [0.25, 0.3) is 5.91 Å². The fourth-order valence-electron chi connectivity index (χ4n) is 3.20. The van der Waals surface area contributed by atoms with Crippen molar-refractivity contribution in [1.29, 1.82) is 0 Å². The molecule has 164 valence electrons. The third kappa shape index (κ3) is 4.70. The maximum atomic E-state index is 12.8. The molecule has 2 fully saturated rings. The summed E-state index contributed by atoms with van der Waals surface area (Å²) in [5.74, 6) is -1.12. The smallest absolute Gasteiger partial charge is 0.325 e. The number of nitrogens with one attached hydrogen (secondary N) is 1. The number of carbonyl (C=O) groups excluding carboxylic acids is 3. The van der Waals surface area contributed by atoms with E-state index in [0.717, 1.165) is 4.90 Å². The summed E-state index contributed by atoms with van der Waals surface area (Å²) in [6.45, 7) is 0.997. The number of piperazine rings is 1. The van der Waals surface area contributed by atoms with E-state index in [0.29, 0.717) is 13.1 Å². The van der Waals surface area contributed by atoms with Gasteiger partial charge in [0.2, 0.25) is 10.0 Å². The number of halogens is 2. The van der Waals surface area contributed by atoms with Crippen molar-refractivity contribution >= 4 is 51.1 Å². The van der Waals surface area contributed by atoms with Crippen LogP contribution in [0.4, 0.5) is 4.79 Å². The average molecular weight is 479 g/mol. The van der Waals surface area contributed by atoms with Gasteiger partial charge in [-0.05, 0) is 18.2 Å². The molecular formula is C17H20Cl2N4O6S. The zero-order valence-electron chi connectivity index (χ0n) is 16.0. The highest BCUT2D eigenvalue weighted by Crippen LogP contribution is 2.27. The van der Waals surface area contributed by atoms with Gasteiger partial charge >= 0.3 is 12.0 Å². The predicted molar refractivity (Wildman–Crippen MR) is 107 cm³/mol. The summed E-state index contributed by atoms with van der Waals surface area (Å²) in [5, 5.41) is 2.87. The second-order valence-electron chi connectivity index (χ2n) is 6.79. The van der Waals surface area contributed by atoms with Crippen LogP contribution in [0.1, 0.15) is 6.42 Å². The van der Waals surface area contributed by atoms with Gasteiger partial charge in [0.05, 0.1) is 35.1 Å². The van der Waals surface area contributed by atoms with Gasteiger partial charge in [-0.3, -0.25) is 14.5 Å². The number of esters is 1. The van der Waals surface area contributed by atoms with Crippen molar-refractivity contribution in [2.24, 2.45) is 0 Å². The predicted octanol–water partition coefficient (Wildman–Crippen LogP) is 0.741. The summed E-state index contributed by atoms with van der Waals surface area (Å²) >= 11 is 11.8. The summed E-state index contributed by atoms with van der Waals surface area (Å²) in [7, 11) is -2.55. The maximum absolute atomic E-state index is 12.8. The highest BCUT2D eigenvalue weighted by molar-refractivity contribution is 7.89. The van der Waals surface area contributed by atoms with Crippen LogP contribution < -0.4 is 5.32 Å². The van der Waals surface area contributed by atoms with E-state index in [1.54, 1.807) is 4.90 Å². The lowest BCUT2D eigenvalue weighted by Crippen LogP contribution is -2.52. The lowest BCUT2D eigenvalue weighted by atomic mass is 10.2. The van der Waals surface area contributed by atoms with E-state index in [4.69, 9.17) is 23.2 Å². The first-order valence-electron chi connectivity index (χ1n) is 8.99. The second kappa shape index (κ2) is 9.06. The molecule has 0 bridgehead atoms. The molecule has 0 spiro atoms. The lowest BCUT2D eigenvalue weighted by Gasteiger charge is -2.35. The number of nitrogens with zero attached hydrogens (tertiary/aromatic N) is 3. The van der Waals surface area contributed by atoms with E-state index < -0.39 is 34.0 Å². The summed E-state index contributed by atoms with van der Waals surface area (Å²) < 4.78 is 31.5. The summed E-state index contributed by atoms with van der Waals surface area (Å²) in [4.78, 5) is 38.7. The van der Waals surface area contributed by atoms with Gasteiger partial charge in [-0.2, -0.15) is 4.31 Å². The van der Waals surface area contributed by atoms with Crippen molar-refractivity contribution in [1.82, 2.24) is 19.4 Å². The molecule has 30 heavy (non-hydrogen) atoms. The van der Waals surface area contributed by atoms with E-state index in [-0.39, 0.29) is 41.1 Å². The Hall–Kier alpha value is -1.92. The number of rotatable bonds is 6. The van der Waals surface area contributed by atoms with Crippen LogP contribution in [0.2, 0.25) is 10.0 Å². The molecule has 2 saturated heterocycles. The van der Waals surface area contributed by atoms with Crippen molar-refractivity contribution in [3.8, 4) is 0 Å². The van der Waals surface area contributed by atoms with Crippen LogP contribution in [0.15, 0.2) is 23.1 Å². The molecule has 3 amide bonds. The van der Waals surface area contributed by atoms with Gasteiger partial charge in [0.1, 0.15) is 6.04 Å². The van der Waals surface area contributed by atoms with Crippen molar-refractivity contribution in [3.05, 3.63) is 28.2 Å². The normalized spacial score (nSPS) is 21.0. The van der Waals surface area contributed by atoms with Gasteiger partial charge in [0.15, 0.2) is 0 Å². The molecule has 1 aromatic rings. The van der Waals surface area contributed by atoms with Gasteiger partial charge in [-0.25, -0.2) is 18.1 Å². The monoisotopic (exact) mass is 478 g/mol. The minimum atomic E-state index is -3.75. The van der Waals surface area contributed by atoms with Gasteiger partial charge < -0.3 is 10.1 Å². The molecule has 10 nitrogen and oxygen atoms in total. The standard InChI is InChI=1S/C17H20Cl2N4O6S/c1-29-15(24)9-14-16(25)23(17(26)20-14)10-21-4-6-22(7-5-21)30(27,28)11-2-3-12(18)13(19)8-11/h2-3,8,14H,4-7,9-10H2,1H3,(H,20,26)/t14-/m1/s1. The highest BCUT2D eigenvalue weighted by atomic mass is 35.5. The van der Waals surface area contributed by atoms with Crippen LogP contribution in [0.3, 0.4) is 0 Å². The molecule has 0 unspecified atom stereocenters. The Kier molecular flexibility index (Phi) is 6.88. The molecule has 3 rings (SSSR count). The Balaban J connectivity index is 1.59. The summed E-state index contributed by atoms with van der Waals surface area (Å²) in [6.07, 6.45) is -0.243. The van der Waals surface area contributed by atoms with E-state index in [1.807, 2.05) is 0 Å². The van der Waals surface area contributed by atoms with Gasteiger partial charge in [0, 0.05) is 26.2 Å². The minimum Gasteiger partial charge on any atom is -0.469 e. The number of imide groups is 1. The first kappa shape index (κ1) is 22.8. The van der Waals surface area contributed by atoms with E-state index >= 15 is 0 Å². The van der Waals surface area contributed by atoms with Crippen molar-refractivity contribution < 1.29 is 27.5 Å². The van der Waals surface area contributed by atoms with Gasteiger partial charge in [-0.15, -0.1) is 0 Å². The quantitative estimate of drug-likeness (QED) is 0.473. The van der Waals surface area contributed by atoms with Crippen LogP contribution in [0.5, 0.6) is 0 Å². The molecule has 0 aliphatic carbocycles. The Morgan fingerprint density at radius 1 is 1.17 bits per heavy atom. The third-order valence-corrected chi connectivity index (χ3v) is 7.54. The number of hydrogen-bond donors (Lipinski definition) is 1. The van der Waals surface area contributed by atoms with Crippen LogP contribution >= 0.6 is 23.2 Å². The highest BCUT2D eigenvalue weighted by Gasteiger charge is 2.40. The minimum absolute atomic E-state index is 0.00298. The number of methoxy groups -OCH3 is 1. The molecule has 13 heteroatoms. The van der Waals surface area contributed by atoms with Crippen molar-refractivity contribution in [2.75, 3.05) is 40.0 Å². The average Bonchev–Trinajstić information content (AvgIpc) is 2.97. The van der Waals surface area contributed by atoms with Crippen molar-refractivity contribution in [3.63, 3.8) is 0 Å². The SMILES string of the molecule is COC(=O)C[C@H]1NC(=O)N(CN2CCN(S(=O)(=O)c3ccc(Cl)c(Cl)c3)CC2)C1=O. The second-order valence-corrected chi connectivity index (χ2v) is 9.54. The van der Waals surface area contributed by atoms with E-state index in [2.05, 4.69) is 10.1 Å². The molecule has 0 saturated carbocycles. The largest absolute Gasteiger partial charge is 0.469 e. The number of carbonyl (C=O) groups is 3. The number of ether oxygens (including phenoxy) is 1. The summed E-state index contributed by atoms with van der Waals surface area (Å²) in [6, 6.07) is 2.57. The first-order valence-corrected chi connectivity index (χ1v) is 11.2. The Labute approximate surface area is 183 Å². The summed E-state index contributed by atoms with van der Waals surface area (Å²) in [5.41, 5.74) is 0. The van der Waals surface area contributed by atoms with Crippen LogP contribution in [-0.4, -0.2) is 86.4 Å². The Bertz CT molecular complexity index is 965. The number of urea groups is 1. The molecule has 1 atom stereocenters. The number of amides is 3. The van der Waals surface area contributed by atoms with Crippen LogP contribution in [0, 0.1) is 0 Å². The van der Waals surface area contributed by atoms with E-state index in [1.165, 1.54) is 29.6 Å². The Morgan fingerprint density at radius 3 is 2.43 bits per heavy atom. The van der Waals surface area contributed by atoms with Crippen LogP contribution in [-0.2, 0) is 24.3 Å². The molecule has 0 radical (unpaired) electrons. The molecule has 0 aromatic heterocycles. The molecule has 2 aliphatic heterocycles. The number of benzene rings is 1. The zero-order chi connectivity index (χ0) is 22.1. The molecule has 1 N–H and O–H groups in total. The lowest BCUT2D eigenvalue weighted by molar-refractivity contribution is -0.143. The fourth-order valence-corrected chi connectivity index (χ4v) is 5.01. The van der Waals surface area contributed by atoms with E-state index in [9.17, 15) is 22.8 Å². The number of sulfonamides is 1. The maximum Gasteiger partial charge on any atom is 0.325 e. The van der Waals surface area contributed by atoms with Gasteiger partial charge in [-0.1, -0.05) is 23.2 Å². The Morgan fingerprint density at radius 2 is 1.83 bits per heavy atom. The molecule has 2 heterocycles. The first-order chi connectivity index (χ1) is 14.1. The third-order valence-electron chi connectivity index (χ3n) is 4.91. The molecule has 1 aromatic carbocycles. The van der Waals surface area contributed by atoms with Crippen molar-refractivity contribution in [2.45, 2.75) is 17.4 Å². The topological polar surface area (TPSA) is 116 Å². The zero-order valence-corrected chi connectivity index (χ0v) is 18.3. The molecule has 2 aliphatic rings.